The average Bonchev–Trinajstić information content (AvgIpc) is 2.84. The minimum Gasteiger partial charge on any atom is -0.491 e. The summed E-state index contributed by atoms with van der Waals surface area (Å²) in [6, 6.07) is 6.09. The first-order valence-electron chi connectivity index (χ1n) is 12.3. The Morgan fingerprint density at radius 1 is 1.05 bits per heavy atom. The Kier molecular flexibility index (Phi) is 8.56. The van der Waals surface area contributed by atoms with Crippen LogP contribution in [0, 0.1) is 23.4 Å². The van der Waals surface area contributed by atoms with Crippen LogP contribution in [-0.4, -0.2) is 42.1 Å². The molecule has 6 nitrogen and oxygen atoms in total. The number of ketones is 1. The minimum atomic E-state index is -1.05. The fraction of sp³-hybridized carbons (Fsp3) is 0.393. The van der Waals surface area contributed by atoms with E-state index in [-0.39, 0.29) is 43.0 Å². The predicted molar refractivity (Wildman–Crippen MR) is 133 cm³/mol. The number of pyridine rings is 2. The minimum absolute atomic E-state index is 0.0292. The molecular weight excluding hydrogens is 483 g/mol. The maximum atomic E-state index is 14.8. The van der Waals surface area contributed by atoms with Crippen LogP contribution in [0.4, 0.5) is 13.2 Å². The number of nitrogens with two attached hydrogens (primary N) is 1. The van der Waals surface area contributed by atoms with Gasteiger partial charge in [-0.1, -0.05) is 6.92 Å². The molecule has 2 N–H and O–H groups in total. The van der Waals surface area contributed by atoms with Crippen molar-refractivity contribution >= 4 is 5.78 Å². The number of benzene rings is 1. The van der Waals surface area contributed by atoms with E-state index in [4.69, 9.17) is 15.2 Å². The van der Waals surface area contributed by atoms with Gasteiger partial charge in [0.2, 0.25) is 0 Å². The number of Topliss-reactive ketones (excluding diaryl/α,β-unsaturated/α-hetero) is 1. The van der Waals surface area contributed by atoms with Crippen LogP contribution in [0.25, 0.3) is 11.3 Å². The number of methoxy groups -OCH3 is 1. The molecule has 0 unspecified atom stereocenters. The zero-order valence-corrected chi connectivity index (χ0v) is 20.8. The lowest BCUT2D eigenvalue weighted by molar-refractivity contribution is 0.0987. The van der Waals surface area contributed by atoms with Gasteiger partial charge >= 0.3 is 0 Å². The summed E-state index contributed by atoms with van der Waals surface area (Å²) in [5.74, 6) is -2.87. The molecular formula is C28H30F3N3O3. The Morgan fingerprint density at radius 2 is 1.81 bits per heavy atom. The molecule has 2 heterocycles. The van der Waals surface area contributed by atoms with Gasteiger partial charge in [-0.15, -0.1) is 0 Å². The second kappa shape index (κ2) is 11.8. The van der Waals surface area contributed by atoms with Crippen molar-refractivity contribution < 1.29 is 27.4 Å². The van der Waals surface area contributed by atoms with Crippen LogP contribution in [-0.2, 0) is 11.2 Å². The normalized spacial score (nSPS) is 19.6. The topological polar surface area (TPSA) is 87.3 Å². The predicted octanol–water partition coefficient (Wildman–Crippen LogP) is 5.24. The Bertz CT molecular complexity index is 1240. The van der Waals surface area contributed by atoms with Crippen molar-refractivity contribution in [3.63, 3.8) is 0 Å². The van der Waals surface area contributed by atoms with Crippen molar-refractivity contribution in [3.05, 3.63) is 77.0 Å². The standard InChI is InChI=1S/C28H30F3N3O3/c1-16-9-17(11-19(32)10-16)21-5-6-33-15-18(21)12-26(35)25-4-3-22(29)28(34-25)27-23(30)13-20(14-24(27)31)37-8-7-36-2/h3-6,13-17,19H,7-12,32H2,1-2H3/t16-,17+,19-/m0/s1. The first-order valence-corrected chi connectivity index (χ1v) is 12.3. The molecule has 0 saturated heterocycles. The third kappa shape index (κ3) is 6.34. The van der Waals surface area contributed by atoms with Crippen LogP contribution < -0.4 is 10.5 Å². The molecule has 1 fully saturated rings. The lowest BCUT2D eigenvalue weighted by Crippen LogP contribution is -2.31. The smallest absolute Gasteiger partial charge is 0.185 e. The lowest BCUT2D eigenvalue weighted by atomic mass is 9.75. The molecule has 1 aliphatic carbocycles. The third-order valence-electron chi connectivity index (χ3n) is 6.65. The Labute approximate surface area is 214 Å². The van der Waals surface area contributed by atoms with E-state index in [1.165, 1.54) is 13.2 Å². The van der Waals surface area contributed by atoms with Gasteiger partial charge in [0.15, 0.2) is 5.78 Å². The van der Waals surface area contributed by atoms with Gasteiger partial charge in [0.25, 0.3) is 0 Å². The molecule has 196 valence electrons. The zero-order valence-electron chi connectivity index (χ0n) is 20.8. The number of aromatic nitrogens is 2. The number of hydrogen-bond donors (Lipinski definition) is 1. The molecule has 0 spiro atoms. The van der Waals surface area contributed by atoms with Crippen molar-refractivity contribution in [2.45, 2.75) is 44.6 Å². The van der Waals surface area contributed by atoms with E-state index in [0.717, 1.165) is 48.6 Å². The molecule has 37 heavy (non-hydrogen) atoms. The van der Waals surface area contributed by atoms with Crippen molar-refractivity contribution in [1.82, 2.24) is 9.97 Å². The van der Waals surface area contributed by atoms with E-state index in [0.29, 0.717) is 5.92 Å². The van der Waals surface area contributed by atoms with Crippen LogP contribution in [0.3, 0.4) is 0 Å². The summed E-state index contributed by atoms with van der Waals surface area (Å²) in [7, 11) is 1.47. The van der Waals surface area contributed by atoms with Crippen LogP contribution >= 0.6 is 0 Å². The van der Waals surface area contributed by atoms with Crippen molar-refractivity contribution in [1.29, 1.82) is 0 Å². The van der Waals surface area contributed by atoms with Crippen molar-refractivity contribution in [2.24, 2.45) is 11.7 Å². The maximum absolute atomic E-state index is 14.8. The third-order valence-corrected chi connectivity index (χ3v) is 6.65. The maximum Gasteiger partial charge on any atom is 0.185 e. The highest BCUT2D eigenvalue weighted by atomic mass is 19.1. The van der Waals surface area contributed by atoms with Crippen LogP contribution in [0.2, 0.25) is 0 Å². The quantitative estimate of drug-likeness (QED) is 0.311. The van der Waals surface area contributed by atoms with Crippen molar-refractivity contribution in [3.8, 4) is 17.0 Å². The highest BCUT2D eigenvalue weighted by molar-refractivity contribution is 5.96. The number of hydrogen-bond acceptors (Lipinski definition) is 6. The molecule has 1 aromatic carbocycles. The summed E-state index contributed by atoms with van der Waals surface area (Å²) in [4.78, 5) is 21.4. The first kappa shape index (κ1) is 26.8. The summed E-state index contributed by atoms with van der Waals surface area (Å²) < 4.78 is 54.4. The van der Waals surface area contributed by atoms with Crippen LogP contribution in [0.1, 0.15) is 53.7 Å². The van der Waals surface area contributed by atoms with E-state index in [1.54, 1.807) is 12.4 Å². The van der Waals surface area contributed by atoms with Crippen LogP contribution in [0.15, 0.2) is 42.7 Å². The Morgan fingerprint density at radius 3 is 2.51 bits per heavy atom. The number of nitrogens with zero attached hydrogens (tertiary/aromatic N) is 2. The summed E-state index contributed by atoms with van der Waals surface area (Å²) in [5, 5.41) is 0. The first-order chi connectivity index (χ1) is 17.8. The van der Waals surface area contributed by atoms with Gasteiger partial charge in [0.05, 0.1) is 12.2 Å². The number of carbonyl (C=O) groups excluding carboxylic acids is 1. The van der Waals surface area contributed by atoms with Crippen LogP contribution in [0.5, 0.6) is 5.75 Å². The Balaban J connectivity index is 1.59. The summed E-state index contributed by atoms with van der Waals surface area (Å²) in [6.07, 6.45) is 6.05. The highest BCUT2D eigenvalue weighted by Gasteiger charge is 2.28. The number of rotatable bonds is 9. The van der Waals surface area contributed by atoms with E-state index in [2.05, 4.69) is 16.9 Å². The van der Waals surface area contributed by atoms with E-state index in [9.17, 15) is 18.0 Å². The van der Waals surface area contributed by atoms with Gasteiger partial charge in [-0.05, 0) is 60.4 Å². The van der Waals surface area contributed by atoms with Crippen molar-refractivity contribution in [2.75, 3.05) is 20.3 Å². The Hall–Kier alpha value is -3.30. The van der Waals surface area contributed by atoms with E-state index >= 15 is 0 Å². The van der Waals surface area contributed by atoms with Gasteiger partial charge in [-0.25, -0.2) is 18.2 Å². The molecule has 3 atom stereocenters. The monoisotopic (exact) mass is 513 g/mol. The largest absolute Gasteiger partial charge is 0.491 e. The molecule has 4 rings (SSSR count). The molecule has 0 aliphatic heterocycles. The van der Waals surface area contributed by atoms with E-state index in [1.807, 2.05) is 6.07 Å². The summed E-state index contributed by atoms with van der Waals surface area (Å²) in [5.41, 5.74) is 6.64. The number of carbonyl (C=O) groups is 1. The van der Waals surface area contributed by atoms with Gasteiger partial charge in [-0.2, -0.15) is 0 Å². The fourth-order valence-electron chi connectivity index (χ4n) is 5.03. The number of halogens is 3. The molecule has 0 amide bonds. The highest BCUT2D eigenvalue weighted by Crippen LogP contribution is 2.37. The average molecular weight is 514 g/mol. The van der Waals surface area contributed by atoms with Gasteiger partial charge in [0, 0.05) is 44.1 Å². The van der Waals surface area contributed by atoms with E-state index < -0.39 is 34.5 Å². The number of ether oxygens (including phenoxy) is 2. The molecule has 9 heteroatoms. The molecule has 3 aromatic rings. The lowest BCUT2D eigenvalue weighted by Gasteiger charge is -2.32. The fourth-order valence-corrected chi connectivity index (χ4v) is 5.03. The van der Waals surface area contributed by atoms with Gasteiger partial charge < -0.3 is 15.2 Å². The SMILES string of the molecule is COCCOc1cc(F)c(-c2nc(C(=O)Cc3cnccc3[C@@H]3C[C@H](C)C[C@H](N)C3)ccc2F)c(F)c1. The summed E-state index contributed by atoms with van der Waals surface area (Å²) in [6.45, 7) is 2.49. The molecule has 2 aromatic heterocycles. The second-order valence-corrected chi connectivity index (χ2v) is 9.57. The molecule has 1 saturated carbocycles. The summed E-state index contributed by atoms with van der Waals surface area (Å²) >= 11 is 0. The second-order valence-electron chi connectivity index (χ2n) is 9.57. The molecule has 1 aliphatic rings. The molecule has 0 radical (unpaired) electrons. The molecule has 0 bridgehead atoms. The zero-order chi connectivity index (χ0) is 26.5. The van der Waals surface area contributed by atoms with Gasteiger partial charge in [-0.3, -0.25) is 9.78 Å². The van der Waals surface area contributed by atoms with Gasteiger partial charge in [0.1, 0.15) is 41.2 Å².